The van der Waals surface area contributed by atoms with Crippen LogP contribution >= 0.6 is 0 Å². The van der Waals surface area contributed by atoms with Crippen molar-refractivity contribution in [3.05, 3.63) is 12.2 Å². The van der Waals surface area contributed by atoms with Crippen molar-refractivity contribution in [3.8, 4) is 0 Å². The third kappa shape index (κ3) is 5.41. The first-order chi connectivity index (χ1) is 3.27. The molecule has 0 aliphatic heterocycles. The summed E-state index contributed by atoms with van der Waals surface area (Å²) in [5, 5.41) is 0. The summed E-state index contributed by atoms with van der Waals surface area (Å²) in [4.78, 5) is 9.50. The SMILES string of the molecule is CC(C)C=C[C]=O. The van der Waals surface area contributed by atoms with Crippen molar-refractivity contribution < 1.29 is 4.79 Å². The standard InChI is InChI=1S/C6H9O/c1-6(2)4-3-5-7/h3-4,6H,1-2H3. The second-order valence-corrected chi connectivity index (χ2v) is 1.72. The monoisotopic (exact) mass is 97.1 g/mol. The number of hydrogen-bond acceptors (Lipinski definition) is 1. The molecule has 1 heteroatoms. The van der Waals surface area contributed by atoms with E-state index in [0.29, 0.717) is 5.92 Å². The summed E-state index contributed by atoms with van der Waals surface area (Å²) < 4.78 is 0. The molecule has 7 heavy (non-hydrogen) atoms. The topological polar surface area (TPSA) is 17.1 Å². The Kier molecular flexibility index (Phi) is 3.29. The van der Waals surface area contributed by atoms with E-state index in [4.69, 9.17) is 0 Å². The van der Waals surface area contributed by atoms with E-state index in [2.05, 4.69) is 0 Å². The molecule has 1 nitrogen and oxygen atoms in total. The quantitative estimate of drug-likeness (QED) is 0.475. The predicted molar refractivity (Wildman–Crippen MR) is 29.7 cm³/mol. The normalized spacial score (nSPS) is 10.7. The van der Waals surface area contributed by atoms with Gasteiger partial charge in [0.15, 0.2) is 0 Å². The Bertz CT molecular complexity index is 72.2. The van der Waals surface area contributed by atoms with Gasteiger partial charge in [0.25, 0.3) is 0 Å². The van der Waals surface area contributed by atoms with Gasteiger partial charge in [-0.15, -0.1) is 0 Å². The van der Waals surface area contributed by atoms with Gasteiger partial charge < -0.3 is 0 Å². The molecule has 0 aromatic rings. The summed E-state index contributed by atoms with van der Waals surface area (Å²) in [5.74, 6) is 0.460. The highest BCUT2D eigenvalue weighted by molar-refractivity contribution is 5.65. The van der Waals surface area contributed by atoms with E-state index < -0.39 is 0 Å². The van der Waals surface area contributed by atoms with E-state index in [0.717, 1.165) is 0 Å². The number of carbonyl (C=O) groups excluding carboxylic acids is 1. The third-order valence-electron chi connectivity index (χ3n) is 0.549. The van der Waals surface area contributed by atoms with Crippen LogP contribution in [0.4, 0.5) is 0 Å². The lowest BCUT2D eigenvalue weighted by Crippen LogP contribution is -1.75. The molecular formula is C6H9O. The first-order valence-electron chi connectivity index (χ1n) is 2.31. The van der Waals surface area contributed by atoms with Crippen LogP contribution in [0, 0.1) is 5.92 Å². The maximum Gasteiger partial charge on any atom is 0.225 e. The molecule has 1 radical (unpaired) electrons. The van der Waals surface area contributed by atoms with Crippen LogP contribution in [-0.2, 0) is 4.79 Å². The molecular weight excluding hydrogens is 88.1 g/mol. The zero-order chi connectivity index (χ0) is 5.70. The largest absolute Gasteiger partial charge is 0.286 e. The van der Waals surface area contributed by atoms with Gasteiger partial charge in [0.1, 0.15) is 0 Å². The van der Waals surface area contributed by atoms with Crippen molar-refractivity contribution in [2.75, 3.05) is 0 Å². The van der Waals surface area contributed by atoms with Gasteiger partial charge in [0.2, 0.25) is 6.29 Å². The lowest BCUT2D eigenvalue weighted by atomic mass is 10.2. The fourth-order valence-electron chi connectivity index (χ4n) is 0.232. The molecule has 0 amide bonds. The Balaban J connectivity index is 3.25. The van der Waals surface area contributed by atoms with Gasteiger partial charge in [-0.2, -0.15) is 0 Å². The van der Waals surface area contributed by atoms with E-state index in [9.17, 15) is 4.79 Å². The third-order valence-corrected chi connectivity index (χ3v) is 0.549. The smallest absolute Gasteiger partial charge is 0.225 e. The minimum atomic E-state index is 0.460. The summed E-state index contributed by atoms with van der Waals surface area (Å²) >= 11 is 0. The summed E-state index contributed by atoms with van der Waals surface area (Å²) in [5.41, 5.74) is 0. The van der Waals surface area contributed by atoms with Crippen molar-refractivity contribution in [1.82, 2.24) is 0 Å². The summed E-state index contributed by atoms with van der Waals surface area (Å²) in [6.45, 7) is 4.02. The minimum Gasteiger partial charge on any atom is -0.286 e. The molecule has 0 unspecified atom stereocenters. The second kappa shape index (κ2) is 3.59. The van der Waals surface area contributed by atoms with Gasteiger partial charge in [-0.3, -0.25) is 4.79 Å². The minimum absolute atomic E-state index is 0.460. The highest BCUT2D eigenvalue weighted by Crippen LogP contribution is 1.90. The van der Waals surface area contributed by atoms with Crippen molar-refractivity contribution in [1.29, 1.82) is 0 Å². The van der Waals surface area contributed by atoms with Gasteiger partial charge in [0, 0.05) is 0 Å². The van der Waals surface area contributed by atoms with Crippen molar-refractivity contribution in [3.63, 3.8) is 0 Å². The molecule has 0 rings (SSSR count). The molecule has 0 aromatic carbocycles. The van der Waals surface area contributed by atoms with E-state index in [1.54, 1.807) is 12.4 Å². The molecule has 0 aliphatic rings. The highest BCUT2D eigenvalue weighted by atomic mass is 16.1. The Morgan fingerprint density at radius 3 is 2.29 bits per heavy atom. The van der Waals surface area contributed by atoms with Crippen LogP contribution in [0.5, 0.6) is 0 Å². The molecule has 0 fully saturated rings. The van der Waals surface area contributed by atoms with Crippen LogP contribution in [0.15, 0.2) is 12.2 Å². The van der Waals surface area contributed by atoms with Gasteiger partial charge in [-0.1, -0.05) is 19.9 Å². The van der Waals surface area contributed by atoms with E-state index in [1.807, 2.05) is 13.8 Å². The molecule has 0 spiro atoms. The molecule has 0 bridgehead atoms. The Morgan fingerprint density at radius 2 is 2.14 bits per heavy atom. The maximum absolute atomic E-state index is 9.50. The molecule has 0 saturated carbocycles. The number of hydrogen-bond donors (Lipinski definition) is 0. The predicted octanol–water partition coefficient (Wildman–Crippen LogP) is 1.31. The summed E-state index contributed by atoms with van der Waals surface area (Å²) in [6, 6.07) is 0. The van der Waals surface area contributed by atoms with E-state index in [1.165, 1.54) is 6.08 Å². The molecule has 0 atom stereocenters. The Morgan fingerprint density at radius 1 is 1.57 bits per heavy atom. The van der Waals surface area contributed by atoms with Gasteiger partial charge in [0.05, 0.1) is 0 Å². The average molecular weight is 97.1 g/mol. The van der Waals surface area contributed by atoms with E-state index >= 15 is 0 Å². The molecule has 0 saturated heterocycles. The lowest BCUT2D eigenvalue weighted by Gasteiger charge is -1.86. The van der Waals surface area contributed by atoms with Crippen molar-refractivity contribution in [2.45, 2.75) is 13.8 Å². The van der Waals surface area contributed by atoms with Crippen molar-refractivity contribution in [2.24, 2.45) is 5.92 Å². The van der Waals surface area contributed by atoms with Crippen LogP contribution in [0.2, 0.25) is 0 Å². The van der Waals surface area contributed by atoms with Gasteiger partial charge >= 0.3 is 0 Å². The Labute approximate surface area is 44.0 Å². The Hall–Kier alpha value is -0.590. The van der Waals surface area contributed by atoms with Crippen LogP contribution in [-0.4, -0.2) is 6.29 Å². The highest BCUT2D eigenvalue weighted by Gasteiger charge is 1.79. The zero-order valence-corrected chi connectivity index (χ0v) is 4.64. The van der Waals surface area contributed by atoms with Crippen LogP contribution < -0.4 is 0 Å². The average Bonchev–Trinajstić information content (AvgIpc) is 1.61. The first-order valence-corrected chi connectivity index (χ1v) is 2.31. The molecule has 0 aromatic heterocycles. The van der Waals surface area contributed by atoms with Crippen LogP contribution in [0.3, 0.4) is 0 Å². The number of allylic oxidation sites excluding steroid dienone is 2. The molecule has 0 aliphatic carbocycles. The van der Waals surface area contributed by atoms with E-state index in [-0.39, 0.29) is 0 Å². The van der Waals surface area contributed by atoms with Gasteiger partial charge in [-0.05, 0) is 12.0 Å². The summed E-state index contributed by atoms with van der Waals surface area (Å²) in [7, 11) is 0. The lowest BCUT2D eigenvalue weighted by molar-refractivity contribution is 0.564. The second-order valence-electron chi connectivity index (χ2n) is 1.72. The zero-order valence-electron chi connectivity index (χ0n) is 4.64. The fourth-order valence-corrected chi connectivity index (χ4v) is 0.232. The first kappa shape index (κ1) is 6.41. The van der Waals surface area contributed by atoms with Crippen LogP contribution in [0.25, 0.3) is 0 Å². The summed E-state index contributed by atoms with van der Waals surface area (Å²) in [6.07, 6.45) is 4.86. The van der Waals surface area contributed by atoms with Crippen molar-refractivity contribution >= 4 is 6.29 Å². The van der Waals surface area contributed by atoms with Gasteiger partial charge in [-0.25, -0.2) is 0 Å². The molecule has 0 heterocycles. The number of rotatable bonds is 2. The maximum atomic E-state index is 9.50. The molecule has 0 N–H and O–H groups in total. The fraction of sp³-hybridized carbons (Fsp3) is 0.500. The molecule has 39 valence electrons. The van der Waals surface area contributed by atoms with Crippen LogP contribution in [0.1, 0.15) is 13.8 Å².